The third-order valence-electron chi connectivity index (χ3n) is 4.10. The Morgan fingerprint density at radius 1 is 1.27 bits per heavy atom. The van der Waals surface area contributed by atoms with Crippen molar-refractivity contribution in [3.8, 4) is 22.7 Å². The second kappa shape index (κ2) is 7.07. The van der Waals surface area contributed by atoms with Crippen LogP contribution in [0.25, 0.3) is 32.9 Å². The number of nitrogens with zero attached hydrogens (tertiary/aromatic N) is 2. The van der Waals surface area contributed by atoms with Crippen molar-refractivity contribution < 1.29 is 9.15 Å². The van der Waals surface area contributed by atoms with Gasteiger partial charge in [-0.25, -0.2) is 4.98 Å². The SMILES string of the molecule is COCCn1c(-c2ccc(Cl)cc2)nc2scc(-c3ccco3)c2c1=O. The number of benzene rings is 1. The third kappa shape index (κ3) is 2.96. The van der Waals surface area contributed by atoms with E-state index < -0.39 is 0 Å². The van der Waals surface area contributed by atoms with Crippen LogP contribution in [0, 0.1) is 0 Å². The van der Waals surface area contributed by atoms with Gasteiger partial charge >= 0.3 is 0 Å². The highest BCUT2D eigenvalue weighted by Gasteiger charge is 2.19. The molecule has 0 aliphatic rings. The topological polar surface area (TPSA) is 57.3 Å². The van der Waals surface area contributed by atoms with Gasteiger partial charge in [-0.15, -0.1) is 11.3 Å². The van der Waals surface area contributed by atoms with Gasteiger partial charge in [0, 0.05) is 28.6 Å². The van der Waals surface area contributed by atoms with Crippen LogP contribution < -0.4 is 5.56 Å². The minimum atomic E-state index is -0.107. The van der Waals surface area contributed by atoms with Crippen molar-refractivity contribution in [2.45, 2.75) is 6.54 Å². The van der Waals surface area contributed by atoms with Crippen molar-refractivity contribution in [3.05, 3.63) is 63.4 Å². The monoisotopic (exact) mass is 386 g/mol. The first-order valence-electron chi connectivity index (χ1n) is 8.00. The number of hydrogen-bond acceptors (Lipinski definition) is 5. The van der Waals surface area contributed by atoms with Crippen LogP contribution in [0.3, 0.4) is 0 Å². The summed E-state index contributed by atoms with van der Waals surface area (Å²) in [5.74, 6) is 1.26. The normalized spacial score (nSPS) is 11.3. The molecule has 3 heterocycles. The van der Waals surface area contributed by atoms with Crippen LogP contribution >= 0.6 is 22.9 Å². The van der Waals surface area contributed by atoms with Gasteiger partial charge in [-0.05, 0) is 36.4 Å². The Morgan fingerprint density at radius 2 is 2.08 bits per heavy atom. The van der Waals surface area contributed by atoms with E-state index in [0.29, 0.717) is 40.0 Å². The molecule has 0 unspecified atom stereocenters. The summed E-state index contributed by atoms with van der Waals surface area (Å²) in [6.45, 7) is 0.817. The van der Waals surface area contributed by atoms with Gasteiger partial charge in [-0.3, -0.25) is 9.36 Å². The van der Waals surface area contributed by atoms with Gasteiger partial charge in [0.25, 0.3) is 5.56 Å². The number of fused-ring (bicyclic) bond motifs is 1. The molecular formula is C19H15ClN2O3S. The Kier molecular flexibility index (Phi) is 4.63. The zero-order chi connectivity index (χ0) is 18.1. The molecule has 4 rings (SSSR count). The molecule has 132 valence electrons. The Hall–Kier alpha value is -2.41. The molecule has 0 aliphatic heterocycles. The lowest BCUT2D eigenvalue weighted by atomic mass is 10.1. The summed E-state index contributed by atoms with van der Waals surface area (Å²) >= 11 is 7.42. The van der Waals surface area contributed by atoms with E-state index in [-0.39, 0.29) is 5.56 Å². The maximum absolute atomic E-state index is 13.3. The Morgan fingerprint density at radius 3 is 2.77 bits per heavy atom. The quantitative estimate of drug-likeness (QED) is 0.499. The first-order valence-corrected chi connectivity index (χ1v) is 9.25. The number of ether oxygens (including phenoxy) is 1. The lowest BCUT2D eigenvalue weighted by molar-refractivity contribution is 0.186. The molecular weight excluding hydrogens is 372 g/mol. The zero-order valence-electron chi connectivity index (χ0n) is 13.9. The van der Waals surface area contributed by atoms with Gasteiger partial charge in [-0.1, -0.05) is 11.6 Å². The molecule has 0 radical (unpaired) electrons. The lowest BCUT2D eigenvalue weighted by Gasteiger charge is -2.12. The van der Waals surface area contributed by atoms with Crippen molar-refractivity contribution in [3.63, 3.8) is 0 Å². The minimum absolute atomic E-state index is 0.107. The van der Waals surface area contributed by atoms with Crippen molar-refractivity contribution in [2.75, 3.05) is 13.7 Å². The third-order valence-corrected chi connectivity index (χ3v) is 5.23. The summed E-state index contributed by atoms with van der Waals surface area (Å²) in [6.07, 6.45) is 1.60. The summed E-state index contributed by atoms with van der Waals surface area (Å²) in [4.78, 5) is 18.7. The molecule has 0 amide bonds. The van der Waals surface area contributed by atoms with Gasteiger partial charge in [0.2, 0.25) is 0 Å². The number of furan rings is 1. The summed E-state index contributed by atoms with van der Waals surface area (Å²) in [5, 5.41) is 3.11. The van der Waals surface area contributed by atoms with E-state index in [1.54, 1.807) is 36.1 Å². The highest BCUT2D eigenvalue weighted by molar-refractivity contribution is 7.17. The van der Waals surface area contributed by atoms with Crippen LogP contribution in [0.5, 0.6) is 0 Å². The van der Waals surface area contributed by atoms with Gasteiger partial charge < -0.3 is 9.15 Å². The standard InChI is InChI=1S/C19H15ClN2O3S/c1-24-10-8-22-17(12-4-6-13(20)7-5-12)21-18-16(19(22)23)14(11-26-18)15-3-2-9-25-15/h2-7,9,11H,8,10H2,1H3. The number of halogens is 1. The second-order valence-electron chi connectivity index (χ2n) is 5.70. The predicted octanol–water partition coefficient (Wildman–Crippen LogP) is 4.68. The fraction of sp³-hybridized carbons (Fsp3) is 0.158. The summed E-state index contributed by atoms with van der Waals surface area (Å²) in [6, 6.07) is 10.9. The molecule has 0 N–H and O–H groups in total. The van der Waals surface area contributed by atoms with Crippen LogP contribution in [0.1, 0.15) is 0 Å². The Balaban J connectivity index is 1.97. The predicted molar refractivity (Wildman–Crippen MR) is 104 cm³/mol. The van der Waals surface area contributed by atoms with Crippen LogP contribution in [-0.4, -0.2) is 23.3 Å². The molecule has 5 nitrogen and oxygen atoms in total. The number of thiophene rings is 1. The molecule has 0 saturated heterocycles. The molecule has 0 spiro atoms. The minimum Gasteiger partial charge on any atom is -0.464 e. The average Bonchev–Trinajstić information content (AvgIpc) is 3.31. The van der Waals surface area contributed by atoms with Crippen molar-refractivity contribution in [1.82, 2.24) is 9.55 Å². The first kappa shape index (κ1) is 17.0. The number of rotatable bonds is 5. The first-order chi connectivity index (χ1) is 12.7. The second-order valence-corrected chi connectivity index (χ2v) is 6.99. The fourth-order valence-electron chi connectivity index (χ4n) is 2.85. The highest BCUT2D eigenvalue weighted by atomic mass is 35.5. The van der Waals surface area contributed by atoms with E-state index in [1.807, 2.05) is 23.6 Å². The summed E-state index contributed by atoms with van der Waals surface area (Å²) in [5.41, 5.74) is 1.49. The van der Waals surface area contributed by atoms with E-state index in [0.717, 1.165) is 11.1 Å². The Bertz CT molecular complexity index is 1100. The molecule has 26 heavy (non-hydrogen) atoms. The van der Waals surface area contributed by atoms with Crippen LogP contribution in [0.2, 0.25) is 5.02 Å². The van der Waals surface area contributed by atoms with Crippen molar-refractivity contribution >= 4 is 33.2 Å². The largest absolute Gasteiger partial charge is 0.464 e. The number of aromatic nitrogens is 2. The van der Waals surface area contributed by atoms with Crippen molar-refractivity contribution in [2.24, 2.45) is 0 Å². The van der Waals surface area contributed by atoms with Gasteiger partial charge in [0.1, 0.15) is 16.4 Å². The molecule has 0 aliphatic carbocycles. The Labute approximate surface area is 158 Å². The maximum atomic E-state index is 13.3. The molecule has 0 saturated carbocycles. The van der Waals surface area contributed by atoms with Gasteiger partial charge in [-0.2, -0.15) is 0 Å². The summed E-state index contributed by atoms with van der Waals surface area (Å²) < 4.78 is 12.3. The highest BCUT2D eigenvalue weighted by Crippen LogP contribution is 2.32. The molecule has 7 heteroatoms. The zero-order valence-corrected chi connectivity index (χ0v) is 15.5. The van der Waals surface area contributed by atoms with Crippen LogP contribution in [-0.2, 0) is 11.3 Å². The van der Waals surface area contributed by atoms with E-state index >= 15 is 0 Å². The summed E-state index contributed by atoms with van der Waals surface area (Å²) in [7, 11) is 1.61. The van der Waals surface area contributed by atoms with E-state index in [1.165, 1.54) is 11.3 Å². The molecule has 4 aromatic rings. The van der Waals surface area contributed by atoms with Crippen LogP contribution in [0.4, 0.5) is 0 Å². The smallest absolute Gasteiger partial charge is 0.263 e. The van der Waals surface area contributed by atoms with Crippen LogP contribution in [0.15, 0.2) is 57.3 Å². The van der Waals surface area contributed by atoms with Gasteiger partial charge in [0.05, 0.1) is 24.8 Å². The van der Waals surface area contributed by atoms with E-state index in [2.05, 4.69) is 0 Å². The van der Waals surface area contributed by atoms with E-state index in [9.17, 15) is 4.79 Å². The molecule has 0 bridgehead atoms. The lowest BCUT2D eigenvalue weighted by Crippen LogP contribution is -2.25. The molecule has 1 aromatic carbocycles. The fourth-order valence-corrected chi connectivity index (χ4v) is 3.89. The average molecular weight is 387 g/mol. The molecule has 3 aromatic heterocycles. The number of methoxy groups -OCH3 is 1. The van der Waals surface area contributed by atoms with E-state index in [4.69, 9.17) is 25.7 Å². The number of hydrogen-bond donors (Lipinski definition) is 0. The van der Waals surface area contributed by atoms with Crippen molar-refractivity contribution in [1.29, 1.82) is 0 Å². The molecule has 0 fully saturated rings. The maximum Gasteiger partial charge on any atom is 0.263 e. The van der Waals surface area contributed by atoms with Gasteiger partial charge in [0.15, 0.2) is 0 Å². The molecule has 0 atom stereocenters.